The highest BCUT2D eigenvalue weighted by molar-refractivity contribution is 6.13. The first-order valence-corrected chi connectivity index (χ1v) is 14.1. The summed E-state index contributed by atoms with van der Waals surface area (Å²) in [6, 6.07) is 12.3. The summed E-state index contributed by atoms with van der Waals surface area (Å²) < 4.78 is 15.2. The summed E-state index contributed by atoms with van der Waals surface area (Å²) in [5.41, 5.74) is 2.30. The largest absolute Gasteiger partial charge is 0.339 e. The number of anilines is 5. The van der Waals surface area contributed by atoms with Gasteiger partial charge in [-0.3, -0.25) is 14.5 Å². The SMILES string of the molecule is CN1CCN(C2CCN(C(=O)c3ccc(Nc4ncc5c(n4)N(C)c4ccccc4C(=O)N5C)c(F)c3)CC2)CC1. The van der Waals surface area contributed by atoms with Crippen molar-refractivity contribution >= 4 is 40.6 Å². The van der Waals surface area contributed by atoms with E-state index in [4.69, 9.17) is 0 Å². The molecule has 0 aliphatic carbocycles. The van der Waals surface area contributed by atoms with Gasteiger partial charge in [-0.1, -0.05) is 12.1 Å². The first kappa shape index (κ1) is 27.1. The van der Waals surface area contributed by atoms with Crippen LogP contribution >= 0.6 is 0 Å². The van der Waals surface area contributed by atoms with Gasteiger partial charge in [0.25, 0.3) is 11.8 Å². The number of fused-ring (bicyclic) bond motifs is 2. The van der Waals surface area contributed by atoms with Crippen LogP contribution in [0, 0.1) is 5.82 Å². The molecule has 0 bridgehead atoms. The Bertz CT molecular complexity index is 1470. The minimum Gasteiger partial charge on any atom is -0.339 e. The van der Waals surface area contributed by atoms with Crippen LogP contribution < -0.4 is 15.1 Å². The number of nitrogens with zero attached hydrogens (tertiary/aromatic N) is 7. The van der Waals surface area contributed by atoms with Crippen LogP contribution in [0.25, 0.3) is 0 Å². The predicted octanol–water partition coefficient (Wildman–Crippen LogP) is 3.57. The van der Waals surface area contributed by atoms with E-state index in [-0.39, 0.29) is 23.5 Å². The fourth-order valence-corrected chi connectivity index (χ4v) is 5.93. The normalized spacial score (nSPS) is 18.6. The molecule has 2 saturated heterocycles. The minimum absolute atomic E-state index is 0.151. The molecule has 2 amide bonds. The van der Waals surface area contributed by atoms with E-state index in [1.54, 1.807) is 31.4 Å². The van der Waals surface area contributed by atoms with Crippen LogP contribution in [-0.4, -0.2) is 103 Å². The topological polar surface area (TPSA) is 88.1 Å². The van der Waals surface area contributed by atoms with Crippen molar-refractivity contribution in [2.75, 3.05) is 75.5 Å². The summed E-state index contributed by atoms with van der Waals surface area (Å²) in [6.07, 6.45) is 3.42. The molecular weight excluding hydrogens is 523 g/mol. The zero-order valence-corrected chi connectivity index (χ0v) is 23.7. The zero-order valence-electron chi connectivity index (χ0n) is 23.7. The average Bonchev–Trinajstić information content (AvgIpc) is 3.08. The van der Waals surface area contributed by atoms with E-state index in [0.717, 1.165) is 44.7 Å². The van der Waals surface area contributed by atoms with Crippen molar-refractivity contribution < 1.29 is 14.0 Å². The molecule has 6 rings (SSSR count). The van der Waals surface area contributed by atoms with Gasteiger partial charge in [-0.2, -0.15) is 4.98 Å². The van der Waals surface area contributed by atoms with Gasteiger partial charge < -0.3 is 24.9 Å². The van der Waals surface area contributed by atoms with Crippen molar-refractivity contribution in [3.63, 3.8) is 0 Å². The van der Waals surface area contributed by atoms with Crippen LogP contribution in [0.4, 0.5) is 33.2 Å². The van der Waals surface area contributed by atoms with Gasteiger partial charge >= 0.3 is 0 Å². The molecule has 3 aliphatic heterocycles. The highest BCUT2D eigenvalue weighted by atomic mass is 19.1. The van der Waals surface area contributed by atoms with E-state index in [2.05, 4.69) is 32.1 Å². The van der Waals surface area contributed by atoms with Crippen molar-refractivity contribution in [1.29, 1.82) is 0 Å². The number of para-hydroxylation sites is 1. The maximum absolute atomic E-state index is 15.2. The van der Waals surface area contributed by atoms with Gasteiger partial charge in [0.2, 0.25) is 5.95 Å². The highest BCUT2D eigenvalue weighted by Gasteiger charge is 2.30. The number of rotatable bonds is 4. The van der Waals surface area contributed by atoms with E-state index in [1.807, 2.05) is 35.0 Å². The summed E-state index contributed by atoms with van der Waals surface area (Å²) in [5.74, 6) is -0.185. The number of likely N-dealkylation sites (N-methyl/N-ethyl adjacent to an activating group) is 1. The first-order valence-electron chi connectivity index (χ1n) is 14.1. The van der Waals surface area contributed by atoms with Crippen LogP contribution in [0.5, 0.6) is 0 Å². The maximum Gasteiger partial charge on any atom is 0.260 e. The lowest BCUT2D eigenvalue weighted by Crippen LogP contribution is -2.52. The second kappa shape index (κ2) is 11.1. The molecule has 41 heavy (non-hydrogen) atoms. The summed E-state index contributed by atoms with van der Waals surface area (Å²) in [4.78, 5) is 45.2. The van der Waals surface area contributed by atoms with E-state index >= 15 is 4.39 Å². The molecule has 3 aliphatic rings. The number of nitrogens with one attached hydrogen (secondary N) is 1. The van der Waals surface area contributed by atoms with Gasteiger partial charge in [0, 0.05) is 65.0 Å². The Hall–Kier alpha value is -4.09. The number of likely N-dealkylation sites (tertiary alicyclic amines) is 1. The number of benzene rings is 2. The fraction of sp³-hybridized carbons (Fsp3) is 0.400. The Morgan fingerprint density at radius 1 is 0.927 bits per heavy atom. The van der Waals surface area contributed by atoms with E-state index in [1.165, 1.54) is 11.0 Å². The highest BCUT2D eigenvalue weighted by Crippen LogP contribution is 2.38. The van der Waals surface area contributed by atoms with Gasteiger partial charge in [0.05, 0.1) is 23.1 Å². The molecular formula is C30H35FN8O2. The molecule has 0 atom stereocenters. The molecule has 1 N–H and O–H groups in total. The quantitative estimate of drug-likeness (QED) is 0.520. The van der Waals surface area contributed by atoms with E-state index in [0.29, 0.717) is 41.8 Å². The number of carbonyl (C=O) groups excluding carboxylic acids is 2. The second-order valence-corrected chi connectivity index (χ2v) is 11.0. The van der Waals surface area contributed by atoms with Crippen LogP contribution in [0.2, 0.25) is 0 Å². The maximum atomic E-state index is 15.2. The molecule has 11 heteroatoms. The van der Waals surface area contributed by atoms with Gasteiger partial charge in [-0.05, 0) is 50.2 Å². The predicted molar refractivity (Wildman–Crippen MR) is 157 cm³/mol. The summed E-state index contributed by atoms with van der Waals surface area (Å²) in [6.45, 7) is 5.65. The Morgan fingerprint density at radius 2 is 1.66 bits per heavy atom. The molecule has 4 heterocycles. The number of amides is 2. The van der Waals surface area contributed by atoms with E-state index in [9.17, 15) is 9.59 Å². The number of piperazine rings is 1. The lowest BCUT2D eigenvalue weighted by Gasteiger charge is -2.42. The third-order valence-corrected chi connectivity index (χ3v) is 8.50. The Balaban J connectivity index is 1.14. The summed E-state index contributed by atoms with van der Waals surface area (Å²) in [7, 11) is 5.66. The van der Waals surface area contributed by atoms with E-state index < -0.39 is 5.82 Å². The van der Waals surface area contributed by atoms with Gasteiger partial charge in [-0.25, -0.2) is 9.37 Å². The molecule has 10 nitrogen and oxygen atoms in total. The number of carbonyl (C=O) groups is 2. The molecule has 2 aromatic carbocycles. The molecule has 0 spiro atoms. The Morgan fingerprint density at radius 3 is 2.39 bits per heavy atom. The van der Waals surface area contributed by atoms with Gasteiger partial charge in [0.15, 0.2) is 5.82 Å². The van der Waals surface area contributed by atoms with Crippen molar-refractivity contribution in [2.24, 2.45) is 0 Å². The lowest BCUT2D eigenvalue weighted by molar-refractivity contribution is 0.0518. The third kappa shape index (κ3) is 5.22. The van der Waals surface area contributed by atoms with Gasteiger partial charge in [0.1, 0.15) is 11.5 Å². The second-order valence-electron chi connectivity index (χ2n) is 11.0. The first-order chi connectivity index (χ1) is 19.8. The third-order valence-electron chi connectivity index (χ3n) is 8.50. The Kier molecular flexibility index (Phi) is 7.31. The smallest absolute Gasteiger partial charge is 0.260 e. The molecule has 3 aromatic rings. The molecule has 214 valence electrons. The summed E-state index contributed by atoms with van der Waals surface area (Å²) in [5, 5.41) is 2.94. The van der Waals surface area contributed by atoms with Gasteiger partial charge in [-0.15, -0.1) is 0 Å². The van der Waals surface area contributed by atoms with Crippen LogP contribution in [0.1, 0.15) is 33.6 Å². The number of halogens is 1. The number of hydrogen-bond donors (Lipinski definition) is 1. The average molecular weight is 559 g/mol. The fourth-order valence-electron chi connectivity index (χ4n) is 5.93. The van der Waals surface area contributed by atoms with Crippen LogP contribution in [0.3, 0.4) is 0 Å². The summed E-state index contributed by atoms with van der Waals surface area (Å²) >= 11 is 0. The molecule has 2 fully saturated rings. The minimum atomic E-state index is -0.562. The van der Waals surface area contributed by atoms with Crippen molar-refractivity contribution in [2.45, 2.75) is 18.9 Å². The number of hydrogen-bond acceptors (Lipinski definition) is 8. The van der Waals surface area contributed by atoms with Crippen LogP contribution in [-0.2, 0) is 0 Å². The molecule has 1 aromatic heterocycles. The van der Waals surface area contributed by atoms with Crippen LogP contribution in [0.15, 0.2) is 48.7 Å². The molecule has 0 radical (unpaired) electrons. The zero-order chi connectivity index (χ0) is 28.7. The number of aromatic nitrogens is 2. The van der Waals surface area contributed by atoms with Crippen molar-refractivity contribution in [1.82, 2.24) is 24.7 Å². The monoisotopic (exact) mass is 558 g/mol. The molecule has 0 saturated carbocycles. The molecule has 0 unspecified atom stereocenters. The number of piperidine rings is 1. The van der Waals surface area contributed by atoms with Crippen molar-refractivity contribution in [3.8, 4) is 0 Å². The van der Waals surface area contributed by atoms with Crippen molar-refractivity contribution in [3.05, 3.63) is 65.6 Å². The Labute approximate surface area is 239 Å². The lowest BCUT2D eigenvalue weighted by atomic mass is 10.0. The standard InChI is InChI=1S/C30H35FN8O2/c1-35-14-16-38(17-15-35)21-10-12-39(13-11-21)28(40)20-8-9-24(23(31)18-20)33-30-32-19-26-27(34-30)36(2)25-7-5-4-6-22(25)29(41)37(26)3/h4-9,18-19,21H,10-17H2,1-3H3,(H,32,33,34).